The lowest BCUT2D eigenvalue weighted by atomic mass is 10.1. The summed E-state index contributed by atoms with van der Waals surface area (Å²) in [5, 5.41) is 17.7. The number of carbonyl (C=O) groups is 1. The summed E-state index contributed by atoms with van der Waals surface area (Å²) in [6.07, 6.45) is 1.60. The van der Waals surface area contributed by atoms with E-state index in [-0.39, 0.29) is 0 Å². The molecule has 0 atom stereocenters. The zero-order chi connectivity index (χ0) is 13.8. The molecule has 0 amide bonds. The van der Waals surface area contributed by atoms with E-state index in [1.807, 2.05) is 12.1 Å². The van der Waals surface area contributed by atoms with Crippen LogP contribution in [0.4, 0.5) is 0 Å². The molecular formula is C14H10N2O2S. The first kappa shape index (κ1) is 13.1. The van der Waals surface area contributed by atoms with Crippen molar-refractivity contribution in [2.45, 2.75) is 16.7 Å². The minimum absolute atomic E-state index is 0.298. The van der Waals surface area contributed by atoms with Crippen LogP contribution in [-0.2, 0) is 0 Å². The Bertz CT molecular complexity index is 660. The molecule has 1 aromatic carbocycles. The third-order valence-corrected chi connectivity index (χ3v) is 3.49. The topological polar surface area (TPSA) is 74.0 Å². The molecule has 0 bridgehead atoms. The molecule has 5 heteroatoms. The summed E-state index contributed by atoms with van der Waals surface area (Å²) in [6, 6.07) is 10.7. The molecule has 0 fully saturated rings. The molecule has 19 heavy (non-hydrogen) atoms. The van der Waals surface area contributed by atoms with Crippen LogP contribution in [0.2, 0.25) is 0 Å². The van der Waals surface area contributed by atoms with E-state index in [1.54, 1.807) is 37.4 Å². The van der Waals surface area contributed by atoms with Crippen molar-refractivity contribution in [2.24, 2.45) is 0 Å². The molecule has 0 aliphatic heterocycles. The Morgan fingerprint density at radius 1 is 1.32 bits per heavy atom. The number of aryl methyl sites for hydroxylation is 1. The minimum atomic E-state index is -0.932. The number of carboxylic acids is 1. The molecule has 0 saturated carbocycles. The van der Waals surface area contributed by atoms with Crippen molar-refractivity contribution in [3.05, 3.63) is 53.3 Å². The van der Waals surface area contributed by atoms with Crippen molar-refractivity contribution in [1.82, 2.24) is 4.98 Å². The van der Waals surface area contributed by atoms with E-state index in [0.717, 1.165) is 15.4 Å². The van der Waals surface area contributed by atoms with E-state index in [2.05, 4.69) is 4.98 Å². The lowest BCUT2D eigenvalue weighted by molar-refractivity contribution is 0.0696. The fraction of sp³-hybridized carbons (Fsp3) is 0.0714. The van der Waals surface area contributed by atoms with E-state index in [0.29, 0.717) is 11.3 Å². The molecule has 4 nitrogen and oxygen atoms in total. The lowest BCUT2D eigenvalue weighted by Crippen LogP contribution is -1.99. The van der Waals surface area contributed by atoms with Crippen LogP contribution < -0.4 is 0 Å². The second kappa shape index (κ2) is 5.55. The van der Waals surface area contributed by atoms with Crippen molar-refractivity contribution in [1.29, 1.82) is 5.26 Å². The van der Waals surface area contributed by atoms with Crippen LogP contribution in [-0.4, -0.2) is 16.1 Å². The van der Waals surface area contributed by atoms with Crippen molar-refractivity contribution in [3.63, 3.8) is 0 Å². The molecular weight excluding hydrogens is 260 g/mol. The maximum Gasteiger partial charge on any atom is 0.335 e. The van der Waals surface area contributed by atoms with Gasteiger partial charge in [-0.15, -0.1) is 0 Å². The highest BCUT2D eigenvalue weighted by molar-refractivity contribution is 7.99. The molecule has 0 radical (unpaired) electrons. The first-order chi connectivity index (χ1) is 9.10. The maximum atomic E-state index is 11.1. The fourth-order valence-electron chi connectivity index (χ4n) is 1.54. The quantitative estimate of drug-likeness (QED) is 0.927. The van der Waals surface area contributed by atoms with Gasteiger partial charge in [-0.2, -0.15) is 5.26 Å². The van der Waals surface area contributed by atoms with E-state index in [4.69, 9.17) is 10.4 Å². The number of rotatable bonds is 3. The Hall–Kier alpha value is -2.32. The summed E-state index contributed by atoms with van der Waals surface area (Å²) in [5.41, 5.74) is 1.39. The van der Waals surface area contributed by atoms with Gasteiger partial charge in [0.1, 0.15) is 11.8 Å². The summed E-state index contributed by atoms with van der Waals surface area (Å²) in [6.45, 7) is 1.77. The van der Waals surface area contributed by atoms with Gasteiger partial charge < -0.3 is 5.11 Å². The number of aromatic nitrogens is 1. The van der Waals surface area contributed by atoms with Gasteiger partial charge >= 0.3 is 5.97 Å². The number of aromatic carboxylic acids is 1. The second-order valence-electron chi connectivity index (χ2n) is 3.87. The maximum absolute atomic E-state index is 11.1. The number of hydrogen-bond donors (Lipinski definition) is 1. The molecule has 0 saturated heterocycles. The molecule has 0 aliphatic rings. The smallest absolute Gasteiger partial charge is 0.335 e. The van der Waals surface area contributed by atoms with Crippen LogP contribution in [0.15, 0.2) is 46.3 Å². The Labute approximate surface area is 114 Å². The lowest BCUT2D eigenvalue weighted by Gasteiger charge is -2.05. The van der Waals surface area contributed by atoms with Crippen LogP contribution in [0.5, 0.6) is 0 Å². The van der Waals surface area contributed by atoms with Crippen LogP contribution >= 0.6 is 11.8 Å². The fourth-order valence-corrected chi connectivity index (χ4v) is 2.36. The molecule has 0 unspecified atom stereocenters. The molecule has 1 N–H and O–H groups in total. The van der Waals surface area contributed by atoms with E-state index >= 15 is 0 Å². The predicted octanol–water partition coefficient (Wildman–Crippen LogP) is 3.11. The predicted molar refractivity (Wildman–Crippen MR) is 71.2 cm³/mol. The number of benzene rings is 1. The Balaban J connectivity index is 2.25. The van der Waals surface area contributed by atoms with E-state index in [9.17, 15) is 4.79 Å². The molecule has 1 heterocycles. The Morgan fingerprint density at radius 3 is 2.63 bits per heavy atom. The monoisotopic (exact) mass is 270 g/mol. The van der Waals surface area contributed by atoms with Gasteiger partial charge in [0.2, 0.25) is 0 Å². The summed E-state index contributed by atoms with van der Waals surface area (Å²) in [4.78, 5) is 16.7. The number of nitriles is 1. The van der Waals surface area contributed by atoms with Gasteiger partial charge in [0, 0.05) is 16.0 Å². The number of carboxylic acid groups (broad SMARTS) is 1. The first-order valence-corrected chi connectivity index (χ1v) is 6.30. The standard InChI is InChI=1S/C14H10N2O2S/c1-9-2-4-11(6-13(9)14(17)18)19-12-5-3-10(7-15)16-8-12/h2-6,8H,1H3,(H,17,18). The molecule has 2 rings (SSSR count). The van der Waals surface area contributed by atoms with Crippen LogP contribution in [0.25, 0.3) is 0 Å². The average molecular weight is 270 g/mol. The summed E-state index contributed by atoms with van der Waals surface area (Å²) in [7, 11) is 0. The normalized spacial score (nSPS) is 9.89. The number of hydrogen-bond acceptors (Lipinski definition) is 4. The van der Waals surface area contributed by atoms with Crippen LogP contribution in [0, 0.1) is 18.3 Å². The highest BCUT2D eigenvalue weighted by atomic mass is 32.2. The third kappa shape index (κ3) is 3.12. The van der Waals surface area contributed by atoms with Crippen LogP contribution in [0.3, 0.4) is 0 Å². The Kier molecular flexibility index (Phi) is 3.83. The highest BCUT2D eigenvalue weighted by Gasteiger charge is 2.08. The highest BCUT2D eigenvalue weighted by Crippen LogP contribution is 2.28. The van der Waals surface area contributed by atoms with Crippen molar-refractivity contribution in [2.75, 3.05) is 0 Å². The van der Waals surface area contributed by atoms with Gasteiger partial charge in [0.15, 0.2) is 0 Å². The molecule has 1 aromatic heterocycles. The Morgan fingerprint density at radius 2 is 2.05 bits per heavy atom. The van der Waals surface area contributed by atoms with Gasteiger partial charge in [-0.25, -0.2) is 9.78 Å². The summed E-state index contributed by atoms with van der Waals surface area (Å²) in [5.74, 6) is -0.932. The molecule has 94 valence electrons. The van der Waals surface area contributed by atoms with Gasteiger partial charge in [-0.1, -0.05) is 17.8 Å². The summed E-state index contributed by atoms with van der Waals surface area (Å²) < 4.78 is 0. The van der Waals surface area contributed by atoms with E-state index in [1.165, 1.54) is 11.8 Å². The third-order valence-electron chi connectivity index (χ3n) is 2.53. The van der Waals surface area contributed by atoms with E-state index < -0.39 is 5.97 Å². The molecule has 0 spiro atoms. The van der Waals surface area contributed by atoms with Gasteiger partial charge in [0.05, 0.1) is 5.56 Å². The van der Waals surface area contributed by atoms with Gasteiger partial charge in [-0.05, 0) is 36.8 Å². The average Bonchev–Trinajstić information content (AvgIpc) is 2.41. The van der Waals surface area contributed by atoms with Crippen molar-refractivity contribution in [3.8, 4) is 6.07 Å². The first-order valence-electron chi connectivity index (χ1n) is 5.48. The summed E-state index contributed by atoms with van der Waals surface area (Å²) >= 11 is 1.41. The van der Waals surface area contributed by atoms with Crippen molar-refractivity contribution >= 4 is 17.7 Å². The molecule has 2 aromatic rings. The van der Waals surface area contributed by atoms with Crippen molar-refractivity contribution < 1.29 is 9.90 Å². The van der Waals surface area contributed by atoms with Gasteiger partial charge in [-0.3, -0.25) is 0 Å². The number of pyridine rings is 1. The molecule has 0 aliphatic carbocycles. The van der Waals surface area contributed by atoms with Gasteiger partial charge in [0.25, 0.3) is 0 Å². The number of nitrogens with zero attached hydrogens (tertiary/aromatic N) is 2. The van der Waals surface area contributed by atoms with Crippen LogP contribution in [0.1, 0.15) is 21.6 Å². The second-order valence-corrected chi connectivity index (χ2v) is 5.02. The zero-order valence-electron chi connectivity index (χ0n) is 10.1. The largest absolute Gasteiger partial charge is 0.478 e. The zero-order valence-corrected chi connectivity index (χ0v) is 10.9. The SMILES string of the molecule is Cc1ccc(Sc2ccc(C#N)nc2)cc1C(=O)O. The minimum Gasteiger partial charge on any atom is -0.478 e.